The van der Waals surface area contributed by atoms with Crippen molar-refractivity contribution in [3.63, 3.8) is 0 Å². The smallest absolute Gasteiger partial charge is 0.222 e. The van der Waals surface area contributed by atoms with E-state index < -0.39 is 17.0 Å². The minimum absolute atomic E-state index is 0.153. The lowest BCUT2D eigenvalue weighted by Crippen LogP contribution is -2.37. The van der Waals surface area contributed by atoms with E-state index >= 15 is 0 Å². The van der Waals surface area contributed by atoms with Crippen molar-refractivity contribution < 1.29 is 13.6 Å². The molecule has 3 heterocycles. The molecule has 0 radical (unpaired) electrons. The Morgan fingerprint density at radius 1 is 1.13 bits per heavy atom. The maximum atomic E-state index is 14.5. The molecule has 1 fully saturated rings. The van der Waals surface area contributed by atoms with Gasteiger partial charge in [-0.3, -0.25) is 14.5 Å². The van der Waals surface area contributed by atoms with Gasteiger partial charge in [0.2, 0.25) is 5.91 Å². The van der Waals surface area contributed by atoms with E-state index in [2.05, 4.69) is 29.1 Å². The molecule has 0 aliphatic heterocycles. The Labute approximate surface area is 219 Å². The third-order valence-electron chi connectivity index (χ3n) is 8.66. The Hall–Kier alpha value is -4.01. The fraction of sp³-hybridized carbons (Fsp3) is 0.345. The maximum Gasteiger partial charge on any atom is 0.222 e. The van der Waals surface area contributed by atoms with Gasteiger partial charge in [0, 0.05) is 11.8 Å². The van der Waals surface area contributed by atoms with Gasteiger partial charge in [-0.1, -0.05) is 32.9 Å². The highest BCUT2D eigenvalue weighted by Gasteiger charge is 2.65. The molecular formula is C29H28F2N6O. The summed E-state index contributed by atoms with van der Waals surface area (Å²) in [5.41, 5.74) is 9.04. The predicted octanol–water partition coefficient (Wildman–Crippen LogP) is 5.01. The lowest BCUT2D eigenvalue weighted by molar-refractivity contribution is -0.121. The van der Waals surface area contributed by atoms with Crippen molar-refractivity contribution >= 4 is 5.91 Å². The molecule has 194 valence electrons. The SMILES string of the molecule is C[C@@H](Cn1cc(-c2cccc([C@@]34CC[C@@H](c5cc(-c6c(F)cccc6F)nnc53)C4(C)C)n2)cn1)C(N)=O. The van der Waals surface area contributed by atoms with Gasteiger partial charge in [-0.25, -0.2) is 8.78 Å². The van der Waals surface area contributed by atoms with Gasteiger partial charge in [-0.05, 0) is 60.1 Å². The third-order valence-corrected chi connectivity index (χ3v) is 8.66. The summed E-state index contributed by atoms with van der Waals surface area (Å²) in [7, 11) is 0. The first-order valence-electron chi connectivity index (χ1n) is 12.8. The average molecular weight is 515 g/mol. The second kappa shape index (κ2) is 8.51. The molecule has 3 atom stereocenters. The number of nitrogens with zero attached hydrogens (tertiary/aromatic N) is 5. The molecule has 1 saturated carbocycles. The second-order valence-electron chi connectivity index (χ2n) is 11.0. The monoisotopic (exact) mass is 514 g/mol. The second-order valence-corrected chi connectivity index (χ2v) is 11.0. The van der Waals surface area contributed by atoms with E-state index in [1.54, 1.807) is 17.8 Å². The van der Waals surface area contributed by atoms with E-state index in [0.717, 1.165) is 41.1 Å². The van der Waals surface area contributed by atoms with Crippen LogP contribution in [0.5, 0.6) is 0 Å². The summed E-state index contributed by atoms with van der Waals surface area (Å²) in [6.45, 7) is 6.59. The van der Waals surface area contributed by atoms with Crippen LogP contribution in [0.25, 0.3) is 22.5 Å². The normalized spacial score (nSPS) is 21.9. The fourth-order valence-electron chi connectivity index (χ4n) is 6.56. The lowest BCUT2D eigenvalue weighted by atomic mass is 9.66. The predicted molar refractivity (Wildman–Crippen MR) is 138 cm³/mol. The van der Waals surface area contributed by atoms with Crippen molar-refractivity contribution in [1.29, 1.82) is 0 Å². The molecule has 38 heavy (non-hydrogen) atoms. The van der Waals surface area contributed by atoms with Gasteiger partial charge in [0.1, 0.15) is 11.6 Å². The summed E-state index contributed by atoms with van der Waals surface area (Å²) in [5.74, 6) is -1.87. The standard InChI is InChI=1S/C29H28F2N6O/c1-16(27(32)38)14-37-15-17(13-33-37)22-8-5-9-24(34-22)29-11-10-19(28(29,2)3)18-12-23(35-36-26(18)29)25-20(30)6-4-7-21(25)31/h4-9,12-13,15-16,19H,10-11,14H2,1-3H3,(H2,32,38)/t16-,19-,29-/m0/s1. The van der Waals surface area contributed by atoms with E-state index in [1.165, 1.54) is 18.2 Å². The fourth-order valence-corrected chi connectivity index (χ4v) is 6.56. The quantitative estimate of drug-likeness (QED) is 0.390. The Bertz CT molecular complexity index is 1560. The van der Waals surface area contributed by atoms with Gasteiger partial charge in [-0.15, -0.1) is 5.10 Å². The lowest BCUT2D eigenvalue weighted by Gasteiger charge is -2.37. The number of hydrogen-bond donors (Lipinski definition) is 1. The molecule has 2 N–H and O–H groups in total. The number of halogens is 2. The number of carbonyl (C=O) groups is 1. The summed E-state index contributed by atoms with van der Waals surface area (Å²) in [6, 6.07) is 11.6. The number of nitrogens with two attached hydrogens (primary N) is 1. The van der Waals surface area contributed by atoms with E-state index in [9.17, 15) is 13.6 Å². The molecule has 1 aromatic carbocycles. The Morgan fingerprint density at radius 2 is 1.87 bits per heavy atom. The number of pyridine rings is 1. The number of aromatic nitrogens is 5. The van der Waals surface area contributed by atoms with Gasteiger partial charge in [0.25, 0.3) is 0 Å². The van der Waals surface area contributed by atoms with Gasteiger partial charge < -0.3 is 5.73 Å². The van der Waals surface area contributed by atoms with Crippen LogP contribution in [0.4, 0.5) is 8.78 Å². The van der Waals surface area contributed by atoms with Crippen LogP contribution in [-0.4, -0.2) is 30.9 Å². The maximum absolute atomic E-state index is 14.5. The van der Waals surface area contributed by atoms with Crippen LogP contribution in [-0.2, 0) is 16.8 Å². The number of hydrogen-bond acceptors (Lipinski definition) is 5. The van der Waals surface area contributed by atoms with Crippen LogP contribution in [0.1, 0.15) is 56.5 Å². The molecule has 7 nitrogen and oxygen atoms in total. The van der Waals surface area contributed by atoms with E-state index in [0.29, 0.717) is 6.54 Å². The van der Waals surface area contributed by atoms with Crippen LogP contribution in [0.3, 0.4) is 0 Å². The third kappa shape index (κ3) is 3.40. The molecule has 4 aromatic rings. The van der Waals surface area contributed by atoms with Crippen LogP contribution >= 0.6 is 0 Å². The number of rotatable bonds is 6. The van der Waals surface area contributed by atoms with Gasteiger partial charge in [0.05, 0.1) is 52.4 Å². The highest BCUT2D eigenvalue weighted by Crippen LogP contribution is 2.69. The summed E-state index contributed by atoms with van der Waals surface area (Å²) in [5, 5.41) is 13.3. The zero-order valence-corrected chi connectivity index (χ0v) is 21.4. The highest BCUT2D eigenvalue weighted by atomic mass is 19.1. The summed E-state index contributed by atoms with van der Waals surface area (Å²) in [4.78, 5) is 16.6. The molecule has 0 spiro atoms. The Morgan fingerprint density at radius 3 is 2.61 bits per heavy atom. The first-order valence-corrected chi connectivity index (χ1v) is 12.8. The summed E-state index contributed by atoms with van der Waals surface area (Å²) >= 11 is 0. The van der Waals surface area contributed by atoms with Gasteiger partial charge >= 0.3 is 0 Å². The largest absolute Gasteiger partial charge is 0.369 e. The van der Waals surface area contributed by atoms with Crippen molar-refractivity contribution in [2.45, 2.75) is 51.5 Å². The van der Waals surface area contributed by atoms with Crippen molar-refractivity contribution in [1.82, 2.24) is 25.0 Å². The number of amides is 1. The van der Waals surface area contributed by atoms with Crippen LogP contribution in [0.15, 0.2) is 54.9 Å². The van der Waals surface area contributed by atoms with Crippen LogP contribution in [0, 0.1) is 23.0 Å². The molecule has 2 aliphatic rings. The van der Waals surface area contributed by atoms with E-state index in [-0.39, 0.29) is 34.4 Å². The van der Waals surface area contributed by atoms with Gasteiger partial charge in [0.15, 0.2) is 0 Å². The minimum atomic E-state index is -0.656. The summed E-state index contributed by atoms with van der Waals surface area (Å²) < 4.78 is 30.8. The molecular weight excluding hydrogens is 486 g/mol. The Balaban J connectivity index is 1.42. The minimum Gasteiger partial charge on any atom is -0.369 e. The number of fused-ring (bicyclic) bond motifs is 5. The molecule has 9 heteroatoms. The number of primary amides is 1. The number of benzene rings is 1. The van der Waals surface area contributed by atoms with E-state index in [1.807, 2.05) is 30.5 Å². The van der Waals surface area contributed by atoms with Crippen LogP contribution < -0.4 is 5.73 Å². The van der Waals surface area contributed by atoms with Crippen molar-refractivity contribution in [3.8, 4) is 22.5 Å². The van der Waals surface area contributed by atoms with Crippen LogP contribution in [0.2, 0.25) is 0 Å². The van der Waals surface area contributed by atoms with Crippen molar-refractivity contribution in [2.75, 3.05) is 0 Å². The molecule has 2 aliphatic carbocycles. The van der Waals surface area contributed by atoms with E-state index in [4.69, 9.17) is 10.7 Å². The molecule has 1 amide bonds. The zero-order valence-electron chi connectivity index (χ0n) is 21.4. The molecule has 0 unspecified atom stereocenters. The topological polar surface area (TPSA) is 99.6 Å². The molecule has 2 bridgehead atoms. The van der Waals surface area contributed by atoms with Crippen molar-refractivity contribution in [3.05, 3.63) is 83.4 Å². The zero-order chi connectivity index (χ0) is 26.8. The number of carbonyl (C=O) groups excluding carboxylic acids is 1. The first kappa shape index (κ1) is 24.3. The summed E-state index contributed by atoms with van der Waals surface area (Å²) in [6.07, 6.45) is 5.37. The highest BCUT2D eigenvalue weighted by molar-refractivity contribution is 5.76. The Kier molecular flexibility index (Phi) is 5.45. The molecule has 3 aromatic heterocycles. The molecule has 0 saturated heterocycles. The average Bonchev–Trinajstić information content (AvgIpc) is 3.51. The molecule has 6 rings (SSSR count). The van der Waals surface area contributed by atoms with Gasteiger partial charge in [-0.2, -0.15) is 10.2 Å². The first-order chi connectivity index (χ1) is 18.1. The van der Waals surface area contributed by atoms with Crippen molar-refractivity contribution in [2.24, 2.45) is 17.1 Å².